The van der Waals surface area contributed by atoms with Crippen LogP contribution in [0.4, 0.5) is 17.1 Å². The highest BCUT2D eigenvalue weighted by molar-refractivity contribution is 6.01. The van der Waals surface area contributed by atoms with Crippen molar-refractivity contribution in [3.05, 3.63) is 53.6 Å². The molecule has 2 aromatic rings. The smallest absolute Gasteiger partial charge is 0.339 e. The molecule has 2 fully saturated rings. The molecular formula is C24H27N3O5. The molecule has 0 bridgehead atoms. The highest BCUT2D eigenvalue weighted by Gasteiger charge is 2.32. The summed E-state index contributed by atoms with van der Waals surface area (Å²) in [6.07, 6.45) is -0.485. The zero-order valence-corrected chi connectivity index (χ0v) is 17.9. The molecule has 8 nitrogen and oxygen atoms in total. The number of anilines is 3. The van der Waals surface area contributed by atoms with Crippen LogP contribution in [0.1, 0.15) is 15.9 Å². The molecule has 0 radical (unpaired) electrons. The Kier molecular flexibility index (Phi) is 5.96. The summed E-state index contributed by atoms with van der Waals surface area (Å²) in [6.45, 7) is 5.89. The predicted octanol–water partition coefficient (Wildman–Crippen LogP) is 2.08. The fraction of sp³-hybridized carbons (Fsp3) is 0.417. The second-order valence-corrected chi connectivity index (χ2v) is 8.14. The number of carbonyl (C=O) groups excluding carboxylic acids is 2. The van der Waals surface area contributed by atoms with Gasteiger partial charge in [0.05, 0.1) is 43.4 Å². The number of ether oxygens (including phenoxy) is 3. The number of benzene rings is 2. The molecule has 0 spiro atoms. The van der Waals surface area contributed by atoms with Crippen LogP contribution < -0.4 is 15.1 Å². The Balaban J connectivity index is 1.38. The molecule has 8 heteroatoms. The topological polar surface area (TPSA) is 80.3 Å². The van der Waals surface area contributed by atoms with Crippen LogP contribution >= 0.6 is 0 Å². The van der Waals surface area contributed by atoms with Crippen molar-refractivity contribution >= 4 is 28.9 Å². The zero-order valence-electron chi connectivity index (χ0n) is 17.9. The number of cyclic esters (lactones) is 1. The van der Waals surface area contributed by atoms with E-state index in [4.69, 9.17) is 14.2 Å². The Labute approximate surface area is 187 Å². The average Bonchev–Trinajstić information content (AvgIpc) is 2.85. The van der Waals surface area contributed by atoms with Gasteiger partial charge in [0.15, 0.2) is 6.10 Å². The summed E-state index contributed by atoms with van der Waals surface area (Å²) in [7, 11) is 0. The number of carbonyl (C=O) groups is 2. The van der Waals surface area contributed by atoms with Gasteiger partial charge in [0.1, 0.15) is 0 Å². The zero-order chi connectivity index (χ0) is 21.9. The fourth-order valence-corrected chi connectivity index (χ4v) is 4.40. The van der Waals surface area contributed by atoms with E-state index in [1.165, 1.54) is 0 Å². The average molecular weight is 437 g/mol. The monoisotopic (exact) mass is 437 g/mol. The Morgan fingerprint density at radius 3 is 2.34 bits per heavy atom. The first-order chi connectivity index (χ1) is 15.7. The van der Waals surface area contributed by atoms with Gasteiger partial charge in [0.25, 0.3) is 5.91 Å². The van der Waals surface area contributed by atoms with E-state index in [1.807, 2.05) is 24.3 Å². The summed E-state index contributed by atoms with van der Waals surface area (Å²) in [5.74, 6) is -0.774. The third kappa shape index (κ3) is 4.28. The van der Waals surface area contributed by atoms with Crippen LogP contribution in [0, 0.1) is 0 Å². The van der Waals surface area contributed by atoms with Crippen molar-refractivity contribution < 1.29 is 23.8 Å². The number of hydrogen-bond acceptors (Lipinski definition) is 7. The van der Waals surface area contributed by atoms with E-state index in [2.05, 4.69) is 21.2 Å². The standard InChI is InChI=1S/C24H27N3O5/c28-23(22-15-17-3-1-2-4-19(17)24(29)32-22)25-20-6-5-18(26-7-11-30-12-8-26)16-21(20)27-9-13-31-14-10-27/h1-6,16,22H,7-15H2,(H,25,28)/t22-/m1/s1. The van der Waals surface area contributed by atoms with E-state index in [0.29, 0.717) is 44.1 Å². The lowest BCUT2D eigenvalue weighted by Gasteiger charge is -2.34. The quantitative estimate of drug-likeness (QED) is 0.734. The minimum absolute atomic E-state index is 0.318. The summed E-state index contributed by atoms with van der Waals surface area (Å²) < 4.78 is 16.4. The molecule has 1 N–H and O–H groups in total. The first-order valence-electron chi connectivity index (χ1n) is 11.1. The Morgan fingerprint density at radius 2 is 1.59 bits per heavy atom. The van der Waals surface area contributed by atoms with Crippen molar-refractivity contribution in [2.75, 3.05) is 67.7 Å². The minimum Gasteiger partial charge on any atom is -0.448 e. The first-order valence-corrected chi connectivity index (χ1v) is 11.1. The van der Waals surface area contributed by atoms with E-state index < -0.39 is 12.1 Å². The molecular weight excluding hydrogens is 410 g/mol. The Hall–Kier alpha value is -3.10. The maximum atomic E-state index is 13.1. The van der Waals surface area contributed by atoms with E-state index in [0.717, 1.165) is 43.1 Å². The van der Waals surface area contributed by atoms with Crippen molar-refractivity contribution in [2.24, 2.45) is 0 Å². The normalized spacial score (nSPS) is 21.0. The van der Waals surface area contributed by atoms with Gasteiger partial charge in [-0.25, -0.2) is 4.79 Å². The van der Waals surface area contributed by atoms with Crippen LogP contribution in [0.15, 0.2) is 42.5 Å². The second-order valence-electron chi connectivity index (χ2n) is 8.14. The minimum atomic E-state index is -0.853. The fourth-order valence-electron chi connectivity index (χ4n) is 4.40. The first kappa shape index (κ1) is 20.8. The molecule has 168 valence electrons. The number of nitrogens with one attached hydrogen (secondary N) is 1. The molecule has 0 unspecified atom stereocenters. The van der Waals surface area contributed by atoms with Gasteiger partial charge in [-0.05, 0) is 29.8 Å². The van der Waals surface area contributed by atoms with Gasteiger partial charge < -0.3 is 29.3 Å². The van der Waals surface area contributed by atoms with Crippen molar-refractivity contribution in [1.82, 2.24) is 0 Å². The summed E-state index contributed by atoms with van der Waals surface area (Å²) >= 11 is 0. The third-order valence-corrected chi connectivity index (χ3v) is 6.15. The van der Waals surface area contributed by atoms with E-state index in [-0.39, 0.29) is 5.91 Å². The van der Waals surface area contributed by atoms with E-state index in [9.17, 15) is 9.59 Å². The second kappa shape index (κ2) is 9.18. The van der Waals surface area contributed by atoms with Gasteiger partial charge in [-0.1, -0.05) is 18.2 Å². The number of fused-ring (bicyclic) bond motifs is 1. The molecule has 2 aromatic carbocycles. The molecule has 2 saturated heterocycles. The van der Waals surface area contributed by atoms with Crippen LogP contribution in [0.25, 0.3) is 0 Å². The third-order valence-electron chi connectivity index (χ3n) is 6.15. The van der Waals surface area contributed by atoms with Crippen LogP contribution in [0.5, 0.6) is 0 Å². The number of esters is 1. The SMILES string of the molecule is O=C1O[C@@H](C(=O)Nc2ccc(N3CCOCC3)cc2N2CCOCC2)Cc2ccccc21. The summed E-state index contributed by atoms with van der Waals surface area (Å²) in [5.41, 5.74) is 4.13. The molecule has 0 saturated carbocycles. The van der Waals surface area contributed by atoms with Gasteiger partial charge >= 0.3 is 5.97 Å². The number of nitrogens with zero attached hydrogens (tertiary/aromatic N) is 2. The molecule has 0 aromatic heterocycles. The van der Waals surface area contributed by atoms with Gasteiger partial charge in [-0.15, -0.1) is 0 Å². The van der Waals surface area contributed by atoms with Crippen LogP contribution in [0.2, 0.25) is 0 Å². The number of hydrogen-bond donors (Lipinski definition) is 1. The molecule has 1 atom stereocenters. The maximum Gasteiger partial charge on any atom is 0.339 e. The van der Waals surface area contributed by atoms with Gasteiger partial charge in [0, 0.05) is 38.3 Å². The Morgan fingerprint density at radius 1 is 0.906 bits per heavy atom. The highest BCUT2D eigenvalue weighted by Crippen LogP contribution is 2.33. The summed E-state index contributed by atoms with van der Waals surface area (Å²) in [5, 5.41) is 3.02. The lowest BCUT2D eigenvalue weighted by molar-refractivity contribution is -0.125. The van der Waals surface area contributed by atoms with Crippen LogP contribution in [-0.4, -0.2) is 70.6 Å². The van der Waals surface area contributed by atoms with Gasteiger partial charge in [0.2, 0.25) is 0 Å². The van der Waals surface area contributed by atoms with Crippen molar-refractivity contribution in [2.45, 2.75) is 12.5 Å². The largest absolute Gasteiger partial charge is 0.448 e. The molecule has 32 heavy (non-hydrogen) atoms. The number of rotatable bonds is 4. The van der Waals surface area contributed by atoms with Crippen LogP contribution in [-0.2, 0) is 25.4 Å². The maximum absolute atomic E-state index is 13.1. The lowest BCUT2D eigenvalue weighted by Crippen LogP contribution is -2.40. The molecule has 3 aliphatic rings. The van der Waals surface area contributed by atoms with E-state index in [1.54, 1.807) is 12.1 Å². The predicted molar refractivity (Wildman–Crippen MR) is 120 cm³/mol. The van der Waals surface area contributed by atoms with Crippen molar-refractivity contribution in [3.8, 4) is 0 Å². The number of morpholine rings is 2. The molecule has 3 aliphatic heterocycles. The van der Waals surface area contributed by atoms with Crippen molar-refractivity contribution in [1.29, 1.82) is 0 Å². The molecule has 5 rings (SSSR count). The lowest BCUT2D eigenvalue weighted by atomic mass is 9.98. The van der Waals surface area contributed by atoms with Gasteiger partial charge in [-0.3, -0.25) is 4.79 Å². The van der Waals surface area contributed by atoms with Crippen LogP contribution in [0.3, 0.4) is 0 Å². The Bertz CT molecular complexity index is 999. The molecule has 1 amide bonds. The van der Waals surface area contributed by atoms with Gasteiger partial charge in [-0.2, -0.15) is 0 Å². The summed E-state index contributed by atoms with van der Waals surface area (Å²) in [4.78, 5) is 30.0. The summed E-state index contributed by atoms with van der Waals surface area (Å²) in [6, 6.07) is 13.3. The van der Waals surface area contributed by atoms with E-state index >= 15 is 0 Å². The number of amides is 1. The molecule has 3 heterocycles. The molecule has 0 aliphatic carbocycles. The highest BCUT2D eigenvalue weighted by atomic mass is 16.5. The van der Waals surface area contributed by atoms with Crippen molar-refractivity contribution in [3.63, 3.8) is 0 Å².